The van der Waals surface area contributed by atoms with E-state index in [0.29, 0.717) is 0 Å². The van der Waals surface area contributed by atoms with E-state index in [9.17, 15) is 14.4 Å². The van der Waals surface area contributed by atoms with Crippen LogP contribution in [0.25, 0.3) is 0 Å². The molecule has 2 rings (SSSR count). The van der Waals surface area contributed by atoms with Gasteiger partial charge < -0.3 is 5.11 Å². The van der Waals surface area contributed by atoms with Crippen molar-refractivity contribution in [2.45, 2.75) is 19.4 Å². The van der Waals surface area contributed by atoms with Crippen molar-refractivity contribution in [3.63, 3.8) is 0 Å². The van der Waals surface area contributed by atoms with Crippen molar-refractivity contribution >= 4 is 17.8 Å². The highest BCUT2D eigenvalue weighted by molar-refractivity contribution is 6.22. The summed E-state index contributed by atoms with van der Waals surface area (Å²) in [5.74, 6) is -2.34. The molecular weight excluding hydrogens is 224 g/mol. The largest absolute Gasteiger partial charge is 0.480 e. The fourth-order valence-electron chi connectivity index (χ4n) is 1.85. The van der Waals surface area contributed by atoms with Crippen LogP contribution >= 0.6 is 0 Å². The Morgan fingerprint density at radius 1 is 1.41 bits per heavy atom. The molecule has 1 aliphatic heterocycles. The first kappa shape index (κ1) is 11.3. The Morgan fingerprint density at radius 3 is 2.59 bits per heavy atom. The molecule has 0 aromatic carbocycles. The van der Waals surface area contributed by atoms with E-state index in [-0.39, 0.29) is 17.5 Å². The number of rotatable bonds is 3. The van der Waals surface area contributed by atoms with Crippen molar-refractivity contribution in [3.05, 3.63) is 29.6 Å². The first-order valence-corrected chi connectivity index (χ1v) is 5.12. The monoisotopic (exact) mass is 234 g/mol. The molecule has 1 unspecified atom stereocenters. The number of hydrogen-bond donors (Lipinski definition) is 1. The van der Waals surface area contributed by atoms with Crippen molar-refractivity contribution in [1.82, 2.24) is 9.88 Å². The number of hydrogen-bond acceptors (Lipinski definition) is 4. The third kappa shape index (κ3) is 1.57. The predicted octanol–water partition coefficient (Wildman–Crippen LogP) is 0.541. The normalized spacial score (nSPS) is 15.9. The molecule has 0 aliphatic carbocycles. The molecule has 6 heteroatoms. The van der Waals surface area contributed by atoms with Crippen LogP contribution in [0.4, 0.5) is 0 Å². The van der Waals surface area contributed by atoms with Crippen LogP contribution in [0.1, 0.15) is 34.1 Å². The summed E-state index contributed by atoms with van der Waals surface area (Å²) in [6.45, 7) is 1.61. The van der Waals surface area contributed by atoms with Crippen molar-refractivity contribution in [2.24, 2.45) is 0 Å². The smallest absolute Gasteiger partial charge is 0.326 e. The summed E-state index contributed by atoms with van der Waals surface area (Å²) in [6, 6.07) is 0.298. The molecule has 6 nitrogen and oxygen atoms in total. The van der Waals surface area contributed by atoms with E-state index in [1.165, 1.54) is 18.5 Å². The van der Waals surface area contributed by atoms with Gasteiger partial charge in [0.15, 0.2) is 0 Å². The lowest BCUT2D eigenvalue weighted by Gasteiger charge is -2.20. The first-order chi connectivity index (χ1) is 8.07. The maximum atomic E-state index is 11.9. The average Bonchev–Trinajstić information content (AvgIpc) is 2.56. The van der Waals surface area contributed by atoms with Crippen LogP contribution in [0, 0.1) is 0 Å². The topological polar surface area (TPSA) is 87.6 Å². The first-order valence-electron chi connectivity index (χ1n) is 5.12. The number of amides is 2. The predicted molar refractivity (Wildman–Crippen MR) is 56.5 cm³/mol. The lowest BCUT2D eigenvalue weighted by atomic mass is 10.2. The second kappa shape index (κ2) is 3.97. The fraction of sp³-hybridized carbons (Fsp3) is 0.273. The molecule has 1 aromatic heterocycles. The van der Waals surface area contributed by atoms with E-state index in [1.54, 1.807) is 6.92 Å². The molecule has 0 radical (unpaired) electrons. The molecule has 0 saturated heterocycles. The van der Waals surface area contributed by atoms with Crippen LogP contribution in [0.2, 0.25) is 0 Å². The average molecular weight is 234 g/mol. The second-order valence-electron chi connectivity index (χ2n) is 3.66. The Kier molecular flexibility index (Phi) is 2.63. The van der Waals surface area contributed by atoms with Crippen molar-refractivity contribution in [2.75, 3.05) is 0 Å². The van der Waals surface area contributed by atoms with Crippen molar-refractivity contribution < 1.29 is 19.5 Å². The summed E-state index contributed by atoms with van der Waals surface area (Å²) >= 11 is 0. The van der Waals surface area contributed by atoms with Crippen LogP contribution in [-0.2, 0) is 4.79 Å². The fourth-order valence-corrected chi connectivity index (χ4v) is 1.85. The van der Waals surface area contributed by atoms with Gasteiger partial charge >= 0.3 is 5.97 Å². The Hall–Kier alpha value is -2.24. The quantitative estimate of drug-likeness (QED) is 0.771. The van der Waals surface area contributed by atoms with Crippen LogP contribution < -0.4 is 0 Å². The molecule has 1 atom stereocenters. The molecule has 88 valence electrons. The van der Waals surface area contributed by atoms with Gasteiger partial charge in [-0.2, -0.15) is 0 Å². The Morgan fingerprint density at radius 2 is 2.06 bits per heavy atom. The summed E-state index contributed by atoms with van der Waals surface area (Å²) in [4.78, 5) is 39.4. The maximum Gasteiger partial charge on any atom is 0.326 e. The Balaban J connectivity index is 2.46. The van der Waals surface area contributed by atoms with Gasteiger partial charge in [-0.1, -0.05) is 6.92 Å². The van der Waals surface area contributed by atoms with Gasteiger partial charge in [-0.3, -0.25) is 19.5 Å². The number of aliphatic carboxylic acids is 1. The molecule has 1 aliphatic rings. The molecule has 0 saturated carbocycles. The minimum absolute atomic E-state index is 0.164. The van der Waals surface area contributed by atoms with Gasteiger partial charge in [0.05, 0.1) is 11.1 Å². The molecule has 2 heterocycles. The maximum absolute atomic E-state index is 11.9. The van der Waals surface area contributed by atoms with Crippen LogP contribution in [0.15, 0.2) is 18.5 Å². The highest BCUT2D eigenvalue weighted by atomic mass is 16.4. The number of pyridine rings is 1. The van der Waals surface area contributed by atoms with Crippen molar-refractivity contribution in [3.8, 4) is 0 Å². The summed E-state index contributed by atoms with van der Waals surface area (Å²) in [5, 5.41) is 8.99. The van der Waals surface area contributed by atoms with E-state index in [2.05, 4.69) is 4.98 Å². The molecule has 0 spiro atoms. The van der Waals surface area contributed by atoms with Gasteiger partial charge in [0.1, 0.15) is 6.04 Å². The summed E-state index contributed by atoms with van der Waals surface area (Å²) in [7, 11) is 0. The molecule has 0 fully saturated rings. The second-order valence-corrected chi connectivity index (χ2v) is 3.66. The lowest BCUT2D eigenvalue weighted by molar-refractivity contribution is -0.141. The molecule has 17 heavy (non-hydrogen) atoms. The number of nitrogens with zero attached hydrogens (tertiary/aromatic N) is 2. The Bertz CT molecular complexity index is 477. The molecule has 2 amide bonds. The number of aromatic nitrogens is 1. The zero-order chi connectivity index (χ0) is 12.6. The molecule has 1 aromatic rings. The molecule has 0 bridgehead atoms. The number of carbonyl (C=O) groups is 3. The molecule has 1 N–H and O–H groups in total. The van der Waals surface area contributed by atoms with E-state index >= 15 is 0 Å². The van der Waals surface area contributed by atoms with Crippen LogP contribution in [-0.4, -0.2) is 38.8 Å². The van der Waals surface area contributed by atoms with Crippen molar-refractivity contribution in [1.29, 1.82) is 0 Å². The standard InChI is InChI=1S/C11H10N2O4/c1-2-8(11(16)17)13-9(14)6-3-4-12-5-7(6)10(13)15/h3-5,8H,2H2,1H3,(H,16,17). The number of carbonyl (C=O) groups excluding carboxylic acids is 2. The van der Waals surface area contributed by atoms with Gasteiger partial charge in [-0.25, -0.2) is 4.79 Å². The Labute approximate surface area is 96.9 Å². The van der Waals surface area contributed by atoms with E-state index in [0.717, 1.165) is 4.90 Å². The SMILES string of the molecule is CCC(C(=O)O)N1C(=O)c2ccncc2C1=O. The van der Waals surface area contributed by atoms with Gasteiger partial charge in [-0.15, -0.1) is 0 Å². The number of carboxylic acid groups (broad SMARTS) is 1. The van der Waals surface area contributed by atoms with Gasteiger partial charge in [0, 0.05) is 12.4 Å². The highest BCUT2D eigenvalue weighted by Crippen LogP contribution is 2.24. The summed E-state index contributed by atoms with van der Waals surface area (Å²) < 4.78 is 0. The van der Waals surface area contributed by atoms with E-state index < -0.39 is 23.8 Å². The van der Waals surface area contributed by atoms with Gasteiger partial charge in [0.2, 0.25) is 0 Å². The zero-order valence-corrected chi connectivity index (χ0v) is 9.08. The third-order valence-corrected chi connectivity index (χ3v) is 2.70. The number of imide groups is 1. The minimum Gasteiger partial charge on any atom is -0.480 e. The molecular formula is C11H10N2O4. The minimum atomic E-state index is -1.19. The van der Waals surface area contributed by atoms with E-state index in [4.69, 9.17) is 5.11 Å². The third-order valence-electron chi connectivity index (χ3n) is 2.70. The summed E-state index contributed by atoms with van der Waals surface area (Å²) in [5.41, 5.74) is 0.377. The van der Waals surface area contributed by atoms with Crippen LogP contribution in [0.3, 0.4) is 0 Å². The van der Waals surface area contributed by atoms with Gasteiger partial charge in [-0.05, 0) is 12.5 Å². The van der Waals surface area contributed by atoms with Gasteiger partial charge in [0.25, 0.3) is 11.8 Å². The number of carboxylic acids is 1. The van der Waals surface area contributed by atoms with E-state index in [1.807, 2.05) is 0 Å². The summed E-state index contributed by atoms with van der Waals surface area (Å²) in [6.07, 6.45) is 2.85. The lowest BCUT2D eigenvalue weighted by Crippen LogP contribution is -2.44. The number of fused-ring (bicyclic) bond motifs is 1. The van der Waals surface area contributed by atoms with Crippen LogP contribution in [0.5, 0.6) is 0 Å². The zero-order valence-electron chi connectivity index (χ0n) is 9.08. The highest BCUT2D eigenvalue weighted by Gasteiger charge is 2.42.